The van der Waals surface area contributed by atoms with Crippen molar-refractivity contribution >= 4 is 11.3 Å². The molecule has 0 aliphatic carbocycles. The van der Waals surface area contributed by atoms with Crippen LogP contribution >= 0.6 is 11.3 Å². The molecular formula is C15H19NOS. The highest BCUT2D eigenvalue weighted by Crippen LogP contribution is 2.33. The van der Waals surface area contributed by atoms with Gasteiger partial charge in [-0.2, -0.15) is 0 Å². The normalized spacial score (nSPS) is 12.4. The zero-order valence-electron chi connectivity index (χ0n) is 11.3. The Balaban J connectivity index is 2.44. The van der Waals surface area contributed by atoms with Crippen molar-refractivity contribution < 1.29 is 4.74 Å². The number of nitrogens with one attached hydrogen (secondary N) is 1. The molecule has 1 heterocycles. The third kappa shape index (κ3) is 2.57. The van der Waals surface area contributed by atoms with Crippen molar-refractivity contribution in [1.29, 1.82) is 0 Å². The monoisotopic (exact) mass is 261 g/mol. The molecule has 18 heavy (non-hydrogen) atoms. The van der Waals surface area contributed by atoms with Gasteiger partial charge in [-0.15, -0.1) is 11.3 Å². The second-order valence-electron chi connectivity index (χ2n) is 4.42. The lowest BCUT2D eigenvalue weighted by molar-refractivity contribution is 0.405. The first-order valence-corrected chi connectivity index (χ1v) is 6.85. The second-order valence-corrected chi connectivity index (χ2v) is 5.73. The molecule has 1 aromatic carbocycles. The van der Waals surface area contributed by atoms with Crippen LogP contribution in [0.5, 0.6) is 5.75 Å². The summed E-state index contributed by atoms with van der Waals surface area (Å²) >= 11 is 1.82. The van der Waals surface area contributed by atoms with E-state index in [0.29, 0.717) is 0 Å². The number of hydrogen-bond acceptors (Lipinski definition) is 3. The highest BCUT2D eigenvalue weighted by atomic mass is 32.1. The van der Waals surface area contributed by atoms with Crippen molar-refractivity contribution in [3.8, 4) is 5.75 Å². The van der Waals surface area contributed by atoms with E-state index in [1.54, 1.807) is 7.11 Å². The lowest BCUT2D eigenvalue weighted by Gasteiger charge is -2.18. The number of rotatable bonds is 4. The van der Waals surface area contributed by atoms with E-state index in [4.69, 9.17) is 4.74 Å². The van der Waals surface area contributed by atoms with E-state index >= 15 is 0 Å². The van der Waals surface area contributed by atoms with Gasteiger partial charge in [0.1, 0.15) is 5.75 Å². The van der Waals surface area contributed by atoms with Crippen LogP contribution in [0, 0.1) is 13.8 Å². The summed E-state index contributed by atoms with van der Waals surface area (Å²) in [6.07, 6.45) is 0. The van der Waals surface area contributed by atoms with Crippen LogP contribution in [0.25, 0.3) is 0 Å². The van der Waals surface area contributed by atoms with Crippen molar-refractivity contribution in [2.75, 3.05) is 14.2 Å². The largest absolute Gasteiger partial charge is 0.496 e. The molecule has 0 saturated heterocycles. The smallest absolute Gasteiger partial charge is 0.124 e. The zero-order valence-corrected chi connectivity index (χ0v) is 12.1. The minimum absolute atomic E-state index is 0.194. The van der Waals surface area contributed by atoms with Gasteiger partial charge in [-0.1, -0.05) is 12.1 Å². The summed E-state index contributed by atoms with van der Waals surface area (Å²) in [5, 5.41) is 3.37. The highest BCUT2D eigenvalue weighted by molar-refractivity contribution is 7.12. The van der Waals surface area contributed by atoms with Gasteiger partial charge >= 0.3 is 0 Å². The van der Waals surface area contributed by atoms with Crippen LogP contribution in [0.3, 0.4) is 0 Å². The first kappa shape index (κ1) is 13.1. The Labute approximate surface area is 113 Å². The lowest BCUT2D eigenvalue weighted by Crippen LogP contribution is -2.17. The van der Waals surface area contributed by atoms with Gasteiger partial charge in [0.25, 0.3) is 0 Å². The van der Waals surface area contributed by atoms with Crippen LogP contribution in [-0.2, 0) is 0 Å². The molecule has 1 unspecified atom stereocenters. The standard InChI is InChI=1S/C15H19NOS/c1-10-5-7-12(13(9-10)17-4)15(16-3)14-8-6-11(2)18-14/h5-9,15-16H,1-4H3. The molecule has 0 saturated carbocycles. The highest BCUT2D eigenvalue weighted by Gasteiger charge is 2.17. The molecule has 2 nitrogen and oxygen atoms in total. The Morgan fingerprint density at radius 2 is 1.94 bits per heavy atom. The number of thiophene rings is 1. The van der Waals surface area contributed by atoms with Gasteiger partial charge < -0.3 is 10.1 Å². The van der Waals surface area contributed by atoms with Crippen molar-refractivity contribution in [2.24, 2.45) is 0 Å². The number of benzene rings is 1. The number of methoxy groups -OCH3 is 1. The Bertz CT molecular complexity index is 533. The average molecular weight is 261 g/mol. The molecule has 2 aromatic rings. The van der Waals surface area contributed by atoms with Crippen molar-refractivity contribution in [3.05, 3.63) is 51.2 Å². The minimum Gasteiger partial charge on any atom is -0.496 e. The SMILES string of the molecule is CNC(c1ccc(C)s1)c1ccc(C)cc1OC. The van der Waals surface area contributed by atoms with E-state index in [1.165, 1.54) is 20.9 Å². The van der Waals surface area contributed by atoms with Crippen molar-refractivity contribution in [2.45, 2.75) is 19.9 Å². The Hall–Kier alpha value is -1.32. The first-order valence-electron chi connectivity index (χ1n) is 6.04. The van der Waals surface area contributed by atoms with Crippen molar-refractivity contribution in [3.63, 3.8) is 0 Å². The lowest BCUT2D eigenvalue weighted by atomic mass is 10.0. The van der Waals surface area contributed by atoms with Gasteiger partial charge in [0.05, 0.1) is 13.2 Å². The van der Waals surface area contributed by atoms with Gasteiger partial charge in [-0.25, -0.2) is 0 Å². The molecule has 96 valence electrons. The molecule has 0 radical (unpaired) electrons. The van der Waals surface area contributed by atoms with E-state index in [-0.39, 0.29) is 6.04 Å². The van der Waals surface area contributed by atoms with E-state index in [9.17, 15) is 0 Å². The molecular weight excluding hydrogens is 242 g/mol. The van der Waals surface area contributed by atoms with E-state index in [1.807, 2.05) is 18.4 Å². The summed E-state index contributed by atoms with van der Waals surface area (Å²) in [4.78, 5) is 2.65. The predicted octanol–water partition coefficient (Wildman–Crippen LogP) is 3.68. The molecule has 1 N–H and O–H groups in total. The quantitative estimate of drug-likeness (QED) is 0.906. The van der Waals surface area contributed by atoms with Crippen LogP contribution in [0.15, 0.2) is 30.3 Å². The van der Waals surface area contributed by atoms with Crippen LogP contribution in [0.1, 0.15) is 26.9 Å². The summed E-state index contributed by atoms with van der Waals surface area (Å²) in [7, 11) is 3.71. The first-order chi connectivity index (χ1) is 8.65. The van der Waals surface area contributed by atoms with Gasteiger partial charge in [0, 0.05) is 15.3 Å². The Kier molecular flexibility index (Phi) is 4.04. The molecule has 1 aromatic heterocycles. The fraction of sp³-hybridized carbons (Fsp3) is 0.333. The molecule has 1 atom stereocenters. The predicted molar refractivity (Wildman–Crippen MR) is 77.7 cm³/mol. The minimum atomic E-state index is 0.194. The number of aryl methyl sites for hydroxylation is 2. The van der Waals surface area contributed by atoms with Crippen LogP contribution < -0.4 is 10.1 Å². The molecule has 3 heteroatoms. The molecule has 0 fully saturated rings. The topological polar surface area (TPSA) is 21.3 Å². The van der Waals surface area contributed by atoms with E-state index < -0.39 is 0 Å². The molecule has 0 bridgehead atoms. The fourth-order valence-electron chi connectivity index (χ4n) is 2.12. The van der Waals surface area contributed by atoms with Crippen LogP contribution in [0.4, 0.5) is 0 Å². The Morgan fingerprint density at radius 3 is 2.50 bits per heavy atom. The maximum Gasteiger partial charge on any atom is 0.124 e. The average Bonchev–Trinajstić information content (AvgIpc) is 2.78. The summed E-state index contributed by atoms with van der Waals surface area (Å²) in [5.41, 5.74) is 2.40. The fourth-order valence-corrected chi connectivity index (χ4v) is 3.12. The molecule has 0 aliphatic rings. The zero-order chi connectivity index (χ0) is 13.1. The Morgan fingerprint density at radius 1 is 1.17 bits per heavy atom. The van der Waals surface area contributed by atoms with Gasteiger partial charge in [0.15, 0.2) is 0 Å². The number of ether oxygens (including phenoxy) is 1. The van der Waals surface area contributed by atoms with Crippen LogP contribution in [-0.4, -0.2) is 14.2 Å². The summed E-state index contributed by atoms with van der Waals surface area (Å²) in [6, 6.07) is 10.9. The molecule has 0 amide bonds. The van der Waals surface area contributed by atoms with E-state index in [0.717, 1.165) is 5.75 Å². The maximum absolute atomic E-state index is 5.50. The van der Waals surface area contributed by atoms with Gasteiger partial charge in [-0.3, -0.25) is 0 Å². The summed E-state index contributed by atoms with van der Waals surface area (Å²) < 4.78 is 5.50. The van der Waals surface area contributed by atoms with Crippen LogP contribution in [0.2, 0.25) is 0 Å². The summed E-state index contributed by atoms with van der Waals surface area (Å²) in [5.74, 6) is 0.945. The maximum atomic E-state index is 5.50. The third-order valence-corrected chi connectivity index (χ3v) is 4.10. The van der Waals surface area contributed by atoms with Gasteiger partial charge in [0.2, 0.25) is 0 Å². The van der Waals surface area contributed by atoms with E-state index in [2.05, 4.69) is 49.5 Å². The molecule has 0 spiro atoms. The van der Waals surface area contributed by atoms with Gasteiger partial charge in [-0.05, 0) is 44.7 Å². The molecule has 0 aliphatic heterocycles. The summed E-state index contributed by atoms with van der Waals surface area (Å²) in [6.45, 7) is 4.21. The third-order valence-electron chi connectivity index (χ3n) is 3.03. The van der Waals surface area contributed by atoms with Crippen molar-refractivity contribution in [1.82, 2.24) is 5.32 Å². The molecule has 2 rings (SSSR count). The number of hydrogen-bond donors (Lipinski definition) is 1. The second kappa shape index (κ2) is 5.55.